The van der Waals surface area contributed by atoms with E-state index in [0.29, 0.717) is 17.2 Å². The van der Waals surface area contributed by atoms with Gasteiger partial charge in [-0.1, -0.05) is 47.7 Å². The molecule has 0 atom stereocenters. The second kappa shape index (κ2) is 9.05. The van der Waals surface area contributed by atoms with Gasteiger partial charge in [-0.05, 0) is 60.9 Å². The molecule has 170 valence electrons. The third-order valence-corrected chi connectivity index (χ3v) is 8.21. The van der Waals surface area contributed by atoms with Crippen molar-refractivity contribution >= 4 is 42.6 Å². The Balaban J connectivity index is 1.75. The monoisotopic (exact) mass is 479 g/mol. The molecule has 0 radical (unpaired) electrons. The fraction of sp³-hybridized carbons (Fsp3) is 0.200. The van der Waals surface area contributed by atoms with Gasteiger partial charge < -0.3 is 0 Å². The van der Waals surface area contributed by atoms with E-state index >= 15 is 0 Å². The van der Waals surface area contributed by atoms with Gasteiger partial charge >= 0.3 is 0 Å². The highest BCUT2D eigenvalue weighted by Gasteiger charge is 2.24. The molecule has 0 N–H and O–H groups in total. The molecule has 1 amide bonds. The summed E-state index contributed by atoms with van der Waals surface area (Å²) in [5.74, 6) is -0.235. The van der Waals surface area contributed by atoms with Gasteiger partial charge in [-0.25, -0.2) is 17.7 Å². The van der Waals surface area contributed by atoms with Gasteiger partial charge in [-0.2, -0.15) is 0 Å². The van der Waals surface area contributed by atoms with Crippen molar-refractivity contribution in [3.05, 3.63) is 89.0 Å². The first kappa shape index (κ1) is 23.1. The van der Waals surface area contributed by atoms with Gasteiger partial charge in [0.2, 0.25) is 10.0 Å². The minimum Gasteiger partial charge on any atom is -0.279 e. The van der Waals surface area contributed by atoms with E-state index in [4.69, 9.17) is 4.98 Å². The van der Waals surface area contributed by atoms with E-state index in [-0.39, 0.29) is 10.8 Å². The van der Waals surface area contributed by atoms with Gasteiger partial charge in [0.05, 0.1) is 21.7 Å². The molecule has 0 bridgehead atoms. The second-order valence-corrected chi connectivity index (χ2v) is 11.3. The molecule has 0 spiro atoms. The first-order valence-corrected chi connectivity index (χ1v) is 12.7. The van der Waals surface area contributed by atoms with Crippen molar-refractivity contribution < 1.29 is 13.2 Å². The maximum atomic E-state index is 13.6. The van der Waals surface area contributed by atoms with Crippen LogP contribution >= 0.6 is 11.3 Å². The van der Waals surface area contributed by atoms with E-state index in [9.17, 15) is 13.2 Å². The highest BCUT2D eigenvalue weighted by molar-refractivity contribution is 7.89. The Hall–Kier alpha value is -3.07. The molecule has 0 aliphatic carbocycles. The predicted molar refractivity (Wildman–Crippen MR) is 133 cm³/mol. The molecule has 8 heteroatoms. The summed E-state index contributed by atoms with van der Waals surface area (Å²) in [5, 5.41) is 0.609. The number of carbonyl (C=O) groups is 1. The van der Waals surface area contributed by atoms with Gasteiger partial charge in [0.1, 0.15) is 0 Å². The molecule has 4 aromatic rings. The summed E-state index contributed by atoms with van der Waals surface area (Å²) < 4.78 is 27.0. The number of benzene rings is 3. The Morgan fingerprint density at radius 3 is 2.27 bits per heavy atom. The molecule has 1 heterocycles. The fourth-order valence-electron chi connectivity index (χ4n) is 3.60. The summed E-state index contributed by atoms with van der Waals surface area (Å²) in [6, 6.07) is 19.9. The summed E-state index contributed by atoms with van der Waals surface area (Å²) in [6.45, 7) is 4.42. The molecule has 0 unspecified atom stereocenters. The van der Waals surface area contributed by atoms with Crippen LogP contribution in [0.2, 0.25) is 0 Å². The molecule has 0 saturated carbocycles. The van der Waals surface area contributed by atoms with Crippen molar-refractivity contribution in [2.45, 2.75) is 25.3 Å². The Morgan fingerprint density at radius 1 is 0.970 bits per heavy atom. The number of aromatic nitrogens is 1. The Kier molecular flexibility index (Phi) is 6.34. The van der Waals surface area contributed by atoms with Crippen LogP contribution in [0.1, 0.15) is 27.0 Å². The van der Waals surface area contributed by atoms with Crippen LogP contribution in [0.15, 0.2) is 71.6 Å². The van der Waals surface area contributed by atoms with Crippen molar-refractivity contribution in [1.29, 1.82) is 0 Å². The average molecular weight is 480 g/mol. The number of hydrogen-bond acceptors (Lipinski definition) is 5. The molecule has 0 fully saturated rings. The number of anilines is 1. The Bertz CT molecular complexity index is 1410. The van der Waals surface area contributed by atoms with Crippen molar-refractivity contribution in [2.75, 3.05) is 19.0 Å². The number of hydrogen-bond donors (Lipinski definition) is 0. The van der Waals surface area contributed by atoms with Crippen molar-refractivity contribution in [2.24, 2.45) is 0 Å². The van der Waals surface area contributed by atoms with E-state index in [0.717, 1.165) is 31.2 Å². The molecule has 3 aromatic carbocycles. The smallest absolute Gasteiger partial charge is 0.260 e. The number of rotatable bonds is 6. The minimum absolute atomic E-state index is 0.143. The molecular weight excluding hydrogens is 454 g/mol. The number of aryl methyl sites for hydroxylation is 2. The summed E-state index contributed by atoms with van der Waals surface area (Å²) in [4.78, 5) is 20.2. The molecule has 6 nitrogen and oxygen atoms in total. The number of nitrogens with zero attached hydrogens (tertiary/aromatic N) is 3. The molecule has 0 saturated heterocycles. The standard InChI is InChI=1S/C25H25N3O3S2/c1-17-14-18(2)23-22(15-17)32-25(26-23)28(16-19-8-6-5-7-9-19)24(29)20-10-12-21(13-11-20)33(30,31)27(3)4/h5-15H,16H2,1-4H3. The number of fused-ring (bicyclic) bond motifs is 1. The second-order valence-electron chi connectivity index (χ2n) is 8.11. The molecule has 33 heavy (non-hydrogen) atoms. The maximum Gasteiger partial charge on any atom is 0.260 e. The first-order valence-electron chi connectivity index (χ1n) is 10.4. The number of amides is 1. The topological polar surface area (TPSA) is 70.6 Å². The lowest BCUT2D eigenvalue weighted by molar-refractivity contribution is 0.0985. The lowest BCUT2D eigenvalue weighted by Crippen LogP contribution is -2.30. The van der Waals surface area contributed by atoms with Crippen molar-refractivity contribution in [3.63, 3.8) is 0 Å². The van der Waals surface area contributed by atoms with Crippen LogP contribution < -0.4 is 4.90 Å². The molecule has 1 aromatic heterocycles. The molecule has 4 rings (SSSR count). The Morgan fingerprint density at radius 2 is 1.64 bits per heavy atom. The number of thiazole rings is 1. The first-order chi connectivity index (χ1) is 15.7. The van der Waals surface area contributed by atoms with Crippen molar-refractivity contribution in [1.82, 2.24) is 9.29 Å². The van der Waals surface area contributed by atoms with Gasteiger partial charge in [0.15, 0.2) is 5.13 Å². The summed E-state index contributed by atoms with van der Waals surface area (Å²) in [6.07, 6.45) is 0. The zero-order valence-corrected chi connectivity index (χ0v) is 20.6. The van der Waals surface area contributed by atoms with Crippen LogP contribution in [0.3, 0.4) is 0 Å². The third-order valence-electron chi connectivity index (χ3n) is 5.36. The maximum absolute atomic E-state index is 13.6. The quantitative estimate of drug-likeness (QED) is 0.390. The Labute approximate surface area is 198 Å². The van der Waals surface area contributed by atoms with E-state index in [1.54, 1.807) is 17.0 Å². The lowest BCUT2D eigenvalue weighted by Gasteiger charge is -2.20. The summed E-state index contributed by atoms with van der Waals surface area (Å²) >= 11 is 1.48. The predicted octanol–water partition coefficient (Wildman–Crippen LogP) is 5.01. The van der Waals surface area contributed by atoms with Gasteiger partial charge in [-0.3, -0.25) is 9.69 Å². The summed E-state index contributed by atoms with van der Waals surface area (Å²) in [5.41, 5.74) is 4.48. The van der Waals surface area contributed by atoms with Crippen LogP contribution in [0.25, 0.3) is 10.2 Å². The van der Waals surface area contributed by atoms with E-state index < -0.39 is 10.0 Å². The van der Waals surface area contributed by atoms with Gasteiger partial charge in [-0.15, -0.1) is 0 Å². The van der Waals surface area contributed by atoms with Crippen LogP contribution in [-0.4, -0.2) is 37.7 Å². The number of sulfonamides is 1. The normalized spacial score (nSPS) is 11.8. The third kappa shape index (κ3) is 4.68. The molecule has 0 aliphatic heterocycles. The van der Waals surface area contributed by atoms with Crippen LogP contribution in [0.5, 0.6) is 0 Å². The van der Waals surface area contributed by atoms with Gasteiger partial charge in [0.25, 0.3) is 5.91 Å². The van der Waals surface area contributed by atoms with Crippen LogP contribution in [0.4, 0.5) is 5.13 Å². The summed E-state index contributed by atoms with van der Waals surface area (Å²) in [7, 11) is -0.610. The zero-order chi connectivity index (χ0) is 23.8. The van der Waals surface area contributed by atoms with Gasteiger partial charge in [0, 0.05) is 19.7 Å². The largest absolute Gasteiger partial charge is 0.279 e. The van der Waals surface area contributed by atoms with E-state index in [1.807, 2.05) is 44.2 Å². The molecule has 0 aliphatic rings. The average Bonchev–Trinajstić information content (AvgIpc) is 3.22. The van der Waals surface area contributed by atoms with E-state index in [1.165, 1.54) is 37.6 Å². The fourth-order valence-corrected chi connectivity index (χ4v) is 5.64. The van der Waals surface area contributed by atoms with Crippen LogP contribution in [0, 0.1) is 13.8 Å². The highest BCUT2D eigenvalue weighted by Crippen LogP contribution is 2.33. The van der Waals surface area contributed by atoms with E-state index in [2.05, 4.69) is 12.1 Å². The SMILES string of the molecule is Cc1cc(C)c2nc(N(Cc3ccccc3)C(=O)c3ccc(S(=O)(=O)N(C)C)cc3)sc2c1. The van der Waals surface area contributed by atoms with Crippen LogP contribution in [-0.2, 0) is 16.6 Å². The molecular formula is C25H25N3O3S2. The van der Waals surface area contributed by atoms with Crippen molar-refractivity contribution in [3.8, 4) is 0 Å². The zero-order valence-electron chi connectivity index (χ0n) is 18.9. The lowest BCUT2D eigenvalue weighted by atomic mass is 10.1. The number of carbonyl (C=O) groups excluding carboxylic acids is 1. The minimum atomic E-state index is -3.57. The highest BCUT2D eigenvalue weighted by atomic mass is 32.2.